The fourth-order valence-corrected chi connectivity index (χ4v) is 1.07. The third kappa shape index (κ3) is 2.20. The first-order valence-corrected chi connectivity index (χ1v) is 3.85. The predicted octanol–water partition coefficient (Wildman–Crippen LogP) is 2.34. The lowest BCUT2D eigenvalue weighted by molar-refractivity contribution is 0.874. The van der Waals surface area contributed by atoms with E-state index in [1.165, 1.54) is 0 Å². The van der Waals surface area contributed by atoms with E-state index >= 15 is 0 Å². The van der Waals surface area contributed by atoms with E-state index in [2.05, 4.69) is 10.1 Å². The first-order valence-electron chi connectivity index (χ1n) is 3.48. The Morgan fingerprint density at radius 3 is 2.69 bits per heavy atom. The molecule has 0 aliphatic rings. The highest BCUT2D eigenvalue weighted by molar-refractivity contribution is 6.29. The largest absolute Gasteiger partial charge is 0.262 e. The summed E-state index contributed by atoms with van der Waals surface area (Å²) in [7, 11) is 0. The molecule has 2 heterocycles. The molecule has 68 valence electrons. The molecule has 0 aromatic carbocycles. The van der Waals surface area contributed by atoms with Crippen LogP contribution in [-0.2, 0) is 0 Å². The third-order valence-corrected chi connectivity index (χ3v) is 1.67. The zero-order valence-corrected chi connectivity index (χ0v) is 8.16. The minimum atomic E-state index is 0. The van der Waals surface area contributed by atoms with E-state index in [1.807, 2.05) is 12.1 Å². The van der Waals surface area contributed by atoms with Crippen molar-refractivity contribution in [2.24, 2.45) is 0 Å². The van der Waals surface area contributed by atoms with Crippen molar-refractivity contribution in [3.8, 4) is 5.69 Å². The SMILES string of the molecule is Cl.Clc1ccn(-c2cccnc2)n1. The summed E-state index contributed by atoms with van der Waals surface area (Å²) in [5, 5.41) is 4.51. The number of pyridine rings is 1. The fourth-order valence-electron chi connectivity index (χ4n) is 0.935. The number of aromatic nitrogens is 3. The van der Waals surface area contributed by atoms with Crippen molar-refractivity contribution < 1.29 is 0 Å². The van der Waals surface area contributed by atoms with Gasteiger partial charge in [0.05, 0.1) is 11.9 Å². The Labute approximate surface area is 86.8 Å². The van der Waals surface area contributed by atoms with E-state index in [1.54, 1.807) is 29.3 Å². The maximum atomic E-state index is 5.66. The van der Waals surface area contributed by atoms with Gasteiger partial charge in [-0.3, -0.25) is 4.98 Å². The molecule has 2 rings (SSSR count). The van der Waals surface area contributed by atoms with Crippen molar-refractivity contribution in [1.82, 2.24) is 14.8 Å². The minimum absolute atomic E-state index is 0. The van der Waals surface area contributed by atoms with E-state index < -0.39 is 0 Å². The standard InChI is InChI=1S/C8H6ClN3.ClH/c9-8-3-5-12(11-8)7-2-1-4-10-6-7;/h1-6H;1H. The Morgan fingerprint density at radius 2 is 2.15 bits per heavy atom. The number of hydrogen-bond donors (Lipinski definition) is 0. The molecule has 3 nitrogen and oxygen atoms in total. The molecule has 0 fully saturated rings. The molecule has 0 unspecified atom stereocenters. The summed E-state index contributed by atoms with van der Waals surface area (Å²) in [4.78, 5) is 3.97. The van der Waals surface area contributed by atoms with Gasteiger partial charge in [0.15, 0.2) is 5.15 Å². The molecule has 0 saturated carbocycles. The third-order valence-electron chi connectivity index (χ3n) is 1.47. The van der Waals surface area contributed by atoms with Crippen LogP contribution in [0.5, 0.6) is 0 Å². The maximum Gasteiger partial charge on any atom is 0.151 e. The maximum absolute atomic E-state index is 5.66. The van der Waals surface area contributed by atoms with Crippen molar-refractivity contribution in [3.05, 3.63) is 41.9 Å². The molecule has 0 aliphatic carbocycles. The van der Waals surface area contributed by atoms with Crippen LogP contribution in [0.2, 0.25) is 5.15 Å². The number of rotatable bonds is 1. The Morgan fingerprint density at radius 1 is 1.31 bits per heavy atom. The van der Waals surface area contributed by atoms with Crippen LogP contribution in [0.15, 0.2) is 36.8 Å². The van der Waals surface area contributed by atoms with Gasteiger partial charge in [-0.1, -0.05) is 11.6 Å². The quantitative estimate of drug-likeness (QED) is 0.732. The molecule has 13 heavy (non-hydrogen) atoms. The smallest absolute Gasteiger partial charge is 0.151 e. The molecule has 2 aromatic rings. The monoisotopic (exact) mass is 215 g/mol. The van der Waals surface area contributed by atoms with E-state index in [4.69, 9.17) is 11.6 Å². The van der Waals surface area contributed by atoms with Crippen LogP contribution in [0, 0.1) is 0 Å². The molecule has 2 aromatic heterocycles. The van der Waals surface area contributed by atoms with Gasteiger partial charge in [-0.2, -0.15) is 5.10 Å². The van der Waals surface area contributed by atoms with E-state index in [0.717, 1.165) is 5.69 Å². The molecule has 0 aliphatic heterocycles. The highest BCUT2D eigenvalue weighted by Gasteiger charge is 1.96. The fraction of sp³-hybridized carbons (Fsp3) is 0. The molecule has 0 radical (unpaired) electrons. The Kier molecular flexibility index (Phi) is 3.28. The lowest BCUT2D eigenvalue weighted by Crippen LogP contribution is -1.93. The van der Waals surface area contributed by atoms with Crippen LogP contribution >= 0.6 is 24.0 Å². The molecular formula is C8H7Cl2N3. The lowest BCUT2D eigenvalue weighted by atomic mass is 10.4. The van der Waals surface area contributed by atoms with Crippen molar-refractivity contribution >= 4 is 24.0 Å². The van der Waals surface area contributed by atoms with Gasteiger partial charge in [0.25, 0.3) is 0 Å². The van der Waals surface area contributed by atoms with E-state index in [9.17, 15) is 0 Å². The summed E-state index contributed by atoms with van der Waals surface area (Å²) in [6, 6.07) is 5.50. The van der Waals surface area contributed by atoms with Crippen LogP contribution in [0.4, 0.5) is 0 Å². The van der Waals surface area contributed by atoms with Crippen molar-refractivity contribution in [1.29, 1.82) is 0 Å². The summed E-state index contributed by atoms with van der Waals surface area (Å²) in [5.74, 6) is 0. The summed E-state index contributed by atoms with van der Waals surface area (Å²) < 4.78 is 1.68. The summed E-state index contributed by atoms with van der Waals surface area (Å²) >= 11 is 5.66. The van der Waals surface area contributed by atoms with Gasteiger partial charge >= 0.3 is 0 Å². The molecule has 0 saturated heterocycles. The van der Waals surface area contributed by atoms with E-state index in [0.29, 0.717) is 5.15 Å². The zero-order chi connectivity index (χ0) is 8.39. The second kappa shape index (κ2) is 4.25. The normalized spacial score (nSPS) is 9.31. The lowest BCUT2D eigenvalue weighted by Gasteiger charge is -1.97. The van der Waals surface area contributed by atoms with Crippen LogP contribution < -0.4 is 0 Å². The Bertz CT molecular complexity index is 372. The predicted molar refractivity (Wildman–Crippen MR) is 53.6 cm³/mol. The first-order chi connectivity index (χ1) is 5.86. The van der Waals surface area contributed by atoms with Crippen molar-refractivity contribution in [3.63, 3.8) is 0 Å². The van der Waals surface area contributed by atoms with Gasteiger partial charge in [-0.15, -0.1) is 12.4 Å². The Balaban J connectivity index is 0.000000845. The van der Waals surface area contributed by atoms with Gasteiger partial charge in [-0.25, -0.2) is 4.68 Å². The summed E-state index contributed by atoms with van der Waals surface area (Å²) in [6.07, 6.45) is 5.23. The number of hydrogen-bond acceptors (Lipinski definition) is 2. The van der Waals surface area contributed by atoms with Crippen LogP contribution in [0.25, 0.3) is 5.69 Å². The average molecular weight is 216 g/mol. The second-order valence-electron chi connectivity index (χ2n) is 2.29. The van der Waals surface area contributed by atoms with Gasteiger partial charge in [-0.05, 0) is 18.2 Å². The van der Waals surface area contributed by atoms with Crippen LogP contribution in [0.1, 0.15) is 0 Å². The topological polar surface area (TPSA) is 30.7 Å². The number of halogens is 2. The molecule has 0 spiro atoms. The molecule has 5 heteroatoms. The highest BCUT2D eigenvalue weighted by atomic mass is 35.5. The Hall–Kier alpha value is -1.06. The molecule has 0 N–H and O–H groups in total. The molecule has 0 amide bonds. The van der Waals surface area contributed by atoms with E-state index in [-0.39, 0.29) is 12.4 Å². The first kappa shape index (κ1) is 10.0. The zero-order valence-electron chi connectivity index (χ0n) is 6.59. The van der Waals surface area contributed by atoms with Crippen LogP contribution in [-0.4, -0.2) is 14.8 Å². The second-order valence-corrected chi connectivity index (χ2v) is 2.68. The molecule has 0 atom stereocenters. The van der Waals surface area contributed by atoms with Gasteiger partial charge < -0.3 is 0 Å². The summed E-state index contributed by atoms with van der Waals surface area (Å²) in [6.45, 7) is 0. The summed E-state index contributed by atoms with van der Waals surface area (Å²) in [5.41, 5.74) is 0.907. The average Bonchev–Trinajstić information content (AvgIpc) is 2.54. The van der Waals surface area contributed by atoms with Crippen molar-refractivity contribution in [2.45, 2.75) is 0 Å². The minimum Gasteiger partial charge on any atom is -0.262 e. The molecular weight excluding hydrogens is 209 g/mol. The van der Waals surface area contributed by atoms with Crippen LogP contribution in [0.3, 0.4) is 0 Å². The van der Waals surface area contributed by atoms with Gasteiger partial charge in [0.1, 0.15) is 0 Å². The number of nitrogens with zero attached hydrogens (tertiary/aromatic N) is 3. The highest BCUT2D eigenvalue weighted by Crippen LogP contribution is 2.08. The molecule has 0 bridgehead atoms. The van der Waals surface area contributed by atoms with Crippen molar-refractivity contribution in [2.75, 3.05) is 0 Å². The van der Waals surface area contributed by atoms with Gasteiger partial charge in [0.2, 0.25) is 0 Å². The van der Waals surface area contributed by atoms with Gasteiger partial charge in [0, 0.05) is 12.4 Å².